The van der Waals surface area contributed by atoms with Crippen molar-refractivity contribution >= 4 is 25.7 Å². The summed E-state index contributed by atoms with van der Waals surface area (Å²) in [6.07, 6.45) is 58.3. The molecule has 4 N–H and O–H groups in total. The molecule has 3 atom stereocenters. The van der Waals surface area contributed by atoms with E-state index in [0.29, 0.717) is 12.8 Å². The number of carbonyl (C=O) groups excluding carboxylic acids is 2. The van der Waals surface area contributed by atoms with Crippen molar-refractivity contribution in [3.8, 4) is 0 Å². The Labute approximate surface area is 373 Å². The number of phosphoric ester groups is 1. The van der Waals surface area contributed by atoms with Crippen LogP contribution in [0.5, 0.6) is 0 Å². The lowest BCUT2D eigenvalue weighted by Crippen LogP contribution is -2.34. The molecule has 0 aromatic rings. The van der Waals surface area contributed by atoms with Crippen molar-refractivity contribution < 1.29 is 47.5 Å². The Kier molecular flexibility index (Phi) is 40.6. The SMILES string of the molecule is CC/C=C\C/C=C\C/C=C\C/C=C\C/C=C\CCCCCC(=O)OC[C@H](COP(=O)(O)OC[C@H](N)C(=O)O)OC(=O)CCCCC/C=C\C/C=C\C/C=C\C/C=C\C/C=C\CC. The van der Waals surface area contributed by atoms with E-state index >= 15 is 0 Å². The highest BCUT2D eigenvalue weighted by Crippen LogP contribution is 2.43. The van der Waals surface area contributed by atoms with Crippen molar-refractivity contribution in [2.24, 2.45) is 5.73 Å². The van der Waals surface area contributed by atoms with E-state index in [4.69, 9.17) is 24.8 Å². The van der Waals surface area contributed by atoms with Gasteiger partial charge in [-0.15, -0.1) is 0 Å². The van der Waals surface area contributed by atoms with Crippen LogP contribution in [0.1, 0.15) is 142 Å². The zero-order valence-corrected chi connectivity index (χ0v) is 38.5. The molecule has 11 nitrogen and oxygen atoms in total. The van der Waals surface area contributed by atoms with Gasteiger partial charge in [0.25, 0.3) is 0 Å². The third-order valence-electron chi connectivity index (χ3n) is 8.71. The number of nitrogens with two attached hydrogens (primary N) is 1. The largest absolute Gasteiger partial charge is 0.480 e. The van der Waals surface area contributed by atoms with Crippen molar-refractivity contribution in [1.82, 2.24) is 0 Å². The fraction of sp³-hybridized carbons (Fsp3) is 0.540. The second-order valence-corrected chi connectivity index (χ2v) is 15.9. The third-order valence-corrected chi connectivity index (χ3v) is 9.66. The molecule has 0 amide bonds. The number of carboxylic acid groups (broad SMARTS) is 1. The standard InChI is InChI=1S/C50H78NO10P/c1-3-5-7-9-11-13-15-17-19-21-23-25-27-29-31-33-35-37-39-41-48(52)58-43-46(44-59-62(56,57)60-45-47(51)50(54)55)61-49(53)42-40-38-36-34-32-30-28-26-24-22-20-18-16-14-12-10-8-6-4-2/h5-8,11-14,17-20,23-26,29-32,46-47H,3-4,9-10,15-16,21-22,27-28,33-45,51H2,1-2H3,(H,54,55)(H,56,57)/b7-5-,8-6-,13-11-,14-12-,19-17-,20-18-,25-23-,26-24-,31-29-,32-30-/t46-,47+/m1/s1. The van der Waals surface area contributed by atoms with E-state index < -0.39 is 51.1 Å². The predicted molar refractivity (Wildman–Crippen MR) is 253 cm³/mol. The summed E-state index contributed by atoms with van der Waals surface area (Å²) in [4.78, 5) is 46.0. The number of hydrogen-bond donors (Lipinski definition) is 3. The van der Waals surface area contributed by atoms with Crippen LogP contribution < -0.4 is 5.73 Å². The number of aliphatic carboxylic acids is 1. The number of carbonyl (C=O) groups is 3. The van der Waals surface area contributed by atoms with E-state index in [1.165, 1.54) is 0 Å². The molecule has 0 aromatic heterocycles. The van der Waals surface area contributed by atoms with Gasteiger partial charge in [-0.3, -0.25) is 23.4 Å². The van der Waals surface area contributed by atoms with Crippen LogP contribution in [0.4, 0.5) is 0 Å². The molecule has 0 rings (SSSR count). The molecule has 0 bridgehead atoms. The van der Waals surface area contributed by atoms with E-state index in [9.17, 15) is 23.8 Å². The van der Waals surface area contributed by atoms with Crippen molar-refractivity contribution in [1.29, 1.82) is 0 Å². The molecular weight excluding hydrogens is 806 g/mol. The Morgan fingerprint density at radius 3 is 1.24 bits per heavy atom. The second kappa shape index (κ2) is 43.5. The first kappa shape index (κ1) is 57.9. The molecule has 348 valence electrons. The van der Waals surface area contributed by atoms with Gasteiger partial charge >= 0.3 is 25.7 Å². The smallest absolute Gasteiger partial charge is 0.472 e. The summed E-state index contributed by atoms with van der Waals surface area (Å²) in [7, 11) is -4.75. The summed E-state index contributed by atoms with van der Waals surface area (Å²) in [5.74, 6) is -2.48. The van der Waals surface area contributed by atoms with E-state index in [0.717, 1.165) is 103 Å². The van der Waals surface area contributed by atoms with E-state index in [2.05, 4.69) is 140 Å². The summed E-state index contributed by atoms with van der Waals surface area (Å²) < 4.78 is 32.7. The van der Waals surface area contributed by atoms with Crippen LogP contribution in [0.15, 0.2) is 122 Å². The molecule has 0 radical (unpaired) electrons. The van der Waals surface area contributed by atoms with E-state index in [1.54, 1.807) is 0 Å². The fourth-order valence-electron chi connectivity index (χ4n) is 5.23. The van der Waals surface area contributed by atoms with Crippen LogP contribution in [0.3, 0.4) is 0 Å². The van der Waals surface area contributed by atoms with Gasteiger partial charge in [-0.1, -0.05) is 148 Å². The molecule has 0 heterocycles. The number of allylic oxidation sites excluding steroid dienone is 20. The number of rotatable bonds is 40. The maximum absolute atomic E-state index is 12.6. The Morgan fingerprint density at radius 2 is 0.855 bits per heavy atom. The molecular formula is C50H78NO10P. The summed E-state index contributed by atoms with van der Waals surface area (Å²) in [5, 5.41) is 8.90. The molecule has 0 aliphatic heterocycles. The highest BCUT2D eigenvalue weighted by molar-refractivity contribution is 7.47. The first-order valence-electron chi connectivity index (χ1n) is 22.6. The molecule has 0 spiro atoms. The second-order valence-electron chi connectivity index (χ2n) is 14.4. The Morgan fingerprint density at radius 1 is 0.500 bits per heavy atom. The number of hydrogen-bond acceptors (Lipinski definition) is 9. The van der Waals surface area contributed by atoms with Crippen LogP contribution in [0.25, 0.3) is 0 Å². The van der Waals surface area contributed by atoms with Gasteiger partial charge in [-0.05, 0) is 103 Å². The average molecular weight is 884 g/mol. The first-order valence-corrected chi connectivity index (χ1v) is 24.1. The third kappa shape index (κ3) is 42.6. The molecule has 1 unspecified atom stereocenters. The molecule has 0 saturated heterocycles. The lowest BCUT2D eigenvalue weighted by atomic mass is 10.1. The summed E-state index contributed by atoms with van der Waals surface area (Å²) in [5.41, 5.74) is 5.33. The van der Waals surface area contributed by atoms with Crippen LogP contribution in [-0.4, -0.2) is 59.9 Å². The maximum Gasteiger partial charge on any atom is 0.472 e. The zero-order valence-electron chi connectivity index (χ0n) is 37.7. The number of phosphoric acid groups is 1. The molecule has 62 heavy (non-hydrogen) atoms. The number of unbranched alkanes of at least 4 members (excludes halogenated alkanes) is 6. The normalized spacial score (nSPS) is 14.8. The molecule has 0 aromatic carbocycles. The lowest BCUT2D eigenvalue weighted by molar-refractivity contribution is -0.161. The number of carboxylic acids is 1. The zero-order chi connectivity index (χ0) is 45.6. The Hall–Kier alpha value is -4.12. The van der Waals surface area contributed by atoms with Crippen molar-refractivity contribution in [2.75, 3.05) is 19.8 Å². The van der Waals surface area contributed by atoms with Crippen LogP contribution in [-0.2, 0) is 37.5 Å². The monoisotopic (exact) mass is 884 g/mol. The van der Waals surface area contributed by atoms with Crippen LogP contribution in [0.2, 0.25) is 0 Å². The fourth-order valence-corrected chi connectivity index (χ4v) is 6.01. The summed E-state index contributed by atoms with van der Waals surface area (Å²) >= 11 is 0. The predicted octanol–water partition coefficient (Wildman–Crippen LogP) is 12.4. The van der Waals surface area contributed by atoms with Crippen molar-refractivity contribution in [3.05, 3.63) is 122 Å². The molecule has 0 saturated carbocycles. The minimum Gasteiger partial charge on any atom is -0.480 e. The first-order chi connectivity index (χ1) is 30.1. The average Bonchev–Trinajstić information content (AvgIpc) is 3.25. The number of esters is 2. The van der Waals surface area contributed by atoms with Gasteiger partial charge in [0.15, 0.2) is 6.10 Å². The minimum atomic E-state index is -4.75. The summed E-state index contributed by atoms with van der Waals surface area (Å²) in [6, 6.07) is -1.54. The molecule has 0 fully saturated rings. The van der Waals surface area contributed by atoms with Gasteiger partial charge in [0, 0.05) is 12.8 Å². The molecule has 0 aliphatic rings. The Bertz CT molecular complexity index is 1500. The van der Waals surface area contributed by atoms with Gasteiger partial charge in [0.05, 0.1) is 13.2 Å². The van der Waals surface area contributed by atoms with Crippen LogP contribution in [0, 0.1) is 0 Å². The van der Waals surface area contributed by atoms with Crippen LogP contribution >= 0.6 is 7.82 Å². The van der Waals surface area contributed by atoms with Gasteiger partial charge in [0.1, 0.15) is 12.6 Å². The van der Waals surface area contributed by atoms with Gasteiger partial charge in [-0.2, -0.15) is 0 Å². The summed E-state index contributed by atoms with van der Waals surface area (Å²) in [6.45, 7) is 2.48. The lowest BCUT2D eigenvalue weighted by Gasteiger charge is -2.20. The molecule has 12 heteroatoms. The minimum absolute atomic E-state index is 0.106. The van der Waals surface area contributed by atoms with Crippen molar-refractivity contribution in [3.63, 3.8) is 0 Å². The van der Waals surface area contributed by atoms with E-state index in [1.807, 2.05) is 0 Å². The highest BCUT2D eigenvalue weighted by Gasteiger charge is 2.28. The number of ether oxygens (including phenoxy) is 2. The van der Waals surface area contributed by atoms with Gasteiger partial charge in [-0.25, -0.2) is 4.57 Å². The van der Waals surface area contributed by atoms with Gasteiger partial charge in [0.2, 0.25) is 0 Å². The quantitative estimate of drug-likeness (QED) is 0.0231. The van der Waals surface area contributed by atoms with Gasteiger partial charge < -0.3 is 25.2 Å². The molecule has 0 aliphatic carbocycles. The topological polar surface area (TPSA) is 172 Å². The van der Waals surface area contributed by atoms with Crippen molar-refractivity contribution in [2.45, 2.75) is 154 Å². The maximum atomic E-state index is 12.6. The highest BCUT2D eigenvalue weighted by atomic mass is 31.2. The Balaban J connectivity index is 4.50. The van der Waals surface area contributed by atoms with E-state index in [-0.39, 0.29) is 19.4 Å².